The summed E-state index contributed by atoms with van der Waals surface area (Å²) in [6, 6.07) is 6.06. The van der Waals surface area contributed by atoms with Crippen molar-refractivity contribution in [2.75, 3.05) is 23.4 Å². The van der Waals surface area contributed by atoms with Crippen LogP contribution in [0, 0.1) is 0 Å². The standard InChI is InChI=1S/C19H25N3O2/c1-21-17-12-13(18(23)20-14-6-2-3-7-14)9-10-15(17)22-11-5-4-8-16(22)19(21)24/h9-10,12,14,16H,2-8,11H2,1H3,(H,20,23). The Kier molecular flexibility index (Phi) is 3.94. The molecule has 2 amide bonds. The second-order valence-corrected chi connectivity index (χ2v) is 7.26. The average Bonchev–Trinajstić information content (AvgIpc) is 3.12. The molecule has 2 aliphatic heterocycles. The molecule has 1 aromatic carbocycles. The maximum atomic E-state index is 12.7. The van der Waals surface area contributed by atoms with E-state index in [1.54, 1.807) is 4.90 Å². The molecule has 1 unspecified atom stereocenters. The second-order valence-electron chi connectivity index (χ2n) is 7.26. The number of nitrogens with one attached hydrogen (secondary N) is 1. The van der Waals surface area contributed by atoms with Crippen LogP contribution in [0.1, 0.15) is 55.3 Å². The van der Waals surface area contributed by atoms with Crippen LogP contribution in [-0.2, 0) is 4.79 Å². The van der Waals surface area contributed by atoms with E-state index in [1.807, 2.05) is 25.2 Å². The van der Waals surface area contributed by atoms with Crippen molar-refractivity contribution in [3.63, 3.8) is 0 Å². The Morgan fingerprint density at radius 2 is 1.83 bits per heavy atom. The SMILES string of the molecule is CN1C(=O)C2CCCCN2c2ccc(C(=O)NC3CCCC3)cc21. The van der Waals surface area contributed by atoms with E-state index in [2.05, 4.69) is 10.2 Å². The van der Waals surface area contributed by atoms with E-state index in [1.165, 1.54) is 12.8 Å². The topological polar surface area (TPSA) is 52.7 Å². The Hall–Kier alpha value is -2.04. The number of carbonyl (C=O) groups excluding carboxylic acids is 2. The molecule has 2 fully saturated rings. The van der Waals surface area contributed by atoms with E-state index >= 15 is 0 Å². The quantitative estimate of drug-likeness (QED) is 0.909. The summed E-state index contributed by atoms with van der Waals surface area (Å²) in [6.07, 6.45) is 7.70. The van der Waals surface area contributed by atoms with Gasteiger partial charge in [0, 0.05) is 25.2 Å². The van der Waals surface area contributed by atoms with Crippen LogP contribution >= 0.6 is 0 Å². The molecule has 5 nitrogen and oxygen atoms in total. The molecular formula is C19H25N3O2. The molecule has 5 heteroatoms. The number of hydrogen-bond acceptors (Lipinski definition) is 3. The zero-order valence-electron chi connectivity index (χ0n) is 14.3. The van der Waals surface area contributed by atoms with Gasteiger partial charge in [-0.05, 0) is 50.3 Å². The summed E-state index contributed by atoms with van der Waals surface area (Å²) in [5.74, 6) is 0.127. The fourth-order valence-electron chi connectivity index (χ4n) is 4.33. The number of likely N-dealkylation sites (N-methyl/N-ethyl adjacent to an activating group) is 1. The number of fused-ring (bicyclic) bond motifs is 3. The molecular weight excluding hydrogens is 302 g/mol. The molecule has 1 aromatic rings. The van der Waals surface area contributed by atoms with Crippen LogP contribution in [0.4, 0.5) is 11.4 Å². The van der Waals surface area contributed by atoms with Crippen molar-refractivity contribution >= 4 is 23.2 Å². The summed E-state index contributed by atoms with van der Waals surface area (Å²) < 4.78 is 0. The third-order valence-electron chi connectivity index (χ3n) is 5.72. The maximum absolute atomic E-state index is 12.7. The number of rotatable bonds is 2. The molecule has 128 valence electrons. The van der Waals surface area contributed by atoms with Crippen molar-refractivity contribution in [1.82, 2.24) is 5.32 Å². The van der Waals surface area contributed by atoms with Gasteiger partial charge in [-0.1, -0.05) is 12.8 Å². The van der Waals surface area contributed by atoms with Gasteiger partial charge in [0.1, 0.15) is 6.04 Å². The van der Waals surface area contributed by atoms with Crippen molar-refractivity contribution < 1.29 is 9.59 Å². The number of carbonyl (C=O) groups is 2. The van der Waals surface area contributed by atoms with E-state index in [-0.39, 0.29) is 17.9 Å². The Morgan fingerprint density at radius 3 is 2.62 bits per heavy atom. The van der Waals surface area contributed by atoms with Crippen molar-refractivity contribution in [2.24, 2.45) is 0 Å². The minimum absolute atomic E-state index is 0.0219. The lowest BCUT2D eigenvalue weighted by atomic mass is 9.95. The first-order valence-corrected chi connectivity index (χ1v) is 9.14. The van der Waals surface area contributed by atoms with Gasteiger partial charge in [-0.25, -0.2) is 0 Å². The predicted octanol–water partition coefficient (Wildman–Crippen LogP) is 2.69. The normalized spacial score (nSPS) is 23.9. The van der Waals surface area contributed by atoms with Crippen LogP contribution in [-0.4, -0.2) is 37.5 Å². The highest BCUT2D eigenvalue weighted by Gasteiger charge is 2.38. The first-order chi connectivity index (χ1) is 11.6. The largest absolute Gasteiger partial charge is 0.358 e. The van der Waals surface area contributed by atoms with E-state index in [0.29, 0.717) is 11.6 Å². The Bertz CT molecular complexity index is 667. The van der Waals surface area contributed by atoms with Gasteiger partial charge in [0.05, 0.1) is 11.4 Å². The fraction of sp³-hybridized carbons (Fsp3) is 0.579. The third-order valence-corrected chi connectivity index (χ3v) is 5.72. The number of nitrogens with zero attached hydrogens (tertiary/aromatic N) is 2. The molecule has 4 rings (SSSR count). The van der Waals surface area contributed by atoms with Crippen LogP contribution in [0.2, 0.25) is 0 Å². The van der Waals surface area contributed by atoms with Crippen LogP contribution in [0.25, 0.3) is 0 Å². The smallest absolute Gasteiger partial charge is 0.251 e. The van der Waals surface area contributed by atoms with Crippen molar-refractivity contribution in [3.05, 3.63) is 23.8 Å². The minimum Gasteiger partial charge on any atom is -0.358 e. The highest BCUT2D eigenvalue weighted by atomic mass is 16.2. The van der Waals surface area contributed by atoms with Crippen LogP contribution in [0.3, 0.4) is 0 Å². The van der Waals surface area contributed by atoms with Crippen LogP contribution in [0.15, 0.2) is 18.2 Å². The summed E-state index contributed by atoms with van der Waals surface area (Å²) >= 11 is 0. The van der Waals surface area contributed by atoms with Crippen molar-refractivity contribution in [3.8, 4) is 0 Å². The van der Waals surface area contributed by atoms with Gasteiger partial charge >= 0.3 is 0 Å². The highest BCUT2D eigenvalue weighted by molar-refractivity contribution is 6.07. The van der Waals surface area contributed by atoms with E-state index in [4.69, 9.17) is 0 Å². The molecule has 0 radical (unpaired) electrons. The Balaban J connectivity index is 1.62. The first kappa shape index (κ1) is 15.5. The molecule has 2 heterocycles. The van der Waals surface area contributed by atoms with E-state index in [9.17, 15) is 9.59 Å². The minimum atomic E-state index is -0.0329. The van der Waals surface area contributed by atoms with Gasteiger partial charge < -0.3 is 15.1 Å². The monoisotopic (exact) mass is 327 g/mol. The lowest BCUT2D eigenvalue weighted by molar-refractivity contribution is -0.120. The third kappa shape index (κ3) is 2.56. The van der Waals surface area contributed by atoms with Crippen molar-refractivity contribution in [2.45, 2.75) is 57.0 Å². The zero-order chi connectivity index (χ0) is 16.7. The maximum Gasteiger partial charge on any atom is 0.251 e. The molecule has 24 heavy (non-hydrogen) atoms. The van der Waals surface area contributed by atoms with Crippen LogP contribution < -0.4 is 15.1 Å². The van der Waals surface area contributed by atoms with Gasteiger partial charge in [-0.3, -0.25) is 9.59 Å². The van der Waals surface area contributed by atoms with Crippen molar-refractivity contribution in [1.29, 1.82) is 0 Å². The summed E-state index contributed by atoms with van der Waals surface area (Å²) in [5.41, 5.74) is 2.59. The molecule has 0 bridgehead atoms. The fourth-order valence-corrected chi connectivity index (χ4v) is 4.33. The van der Waals surface area contributed by atoms with E-state index < -0.39 is 0 Å². The van der Waals surface area contributed by atoms with Gasteiger partial charge in [-0.15, -0.1) is 0 Å². The molecule has 0 aromatic heterocycles. The molecule has 1 atom stereocenters. The Labute approximate surface area is 143 Å². The predicted molar refractivity (Wildman–Crippen MR) is 94.6 cm³/mol. The summed E-state index contributed by atoms with van der Waals surface area (Å²) in [6.45, 7) is 0.921. The Morgan fingerprint density at radius 1 is 1.08 bits per heavy atom. The second kappa shape index (κ2) is 6.11. The first-order valence-electron chi connectivity index (χ1n) is 9.14. The highest BCUT2D eigenvalue weighted by Crippen LogP contribution is 2.39. The number of benzene rings is 1. The zero-order valence-corrected chi connectivity index (χ0v) is 14.3. The molecule has 1 N–H and O–H groups in total. The summed E-state index contributed by atoms with van der Waals surface area (Å²) in [4.78, 5) is 29.1. The summed E-state index contributed by atoms with van der Waals surface area (Å²) in [5, 5.41) is 3.13. The number of piperidine rings is 1. The molecule has 1 saturated carbocycles. The lowest BCUT2D eigenvalue weighted by Crippen LogP contribution is -2.54. The molecule has 1 saturated heterocycles. The number of hydrogen-bond donors (Lipinski definition) is 1. The van der Waals surface area contributed by atoms with Gasteiger partial charge in [0.15, 0.2) is 0 Å². The number of amides is 2. The lowest BCUT2D eigenvalue weighted by Gasteiger charge is -2.44. The molecule has 0 spiro atoms. The van der Waals surface area contributed by atoms with Crippen LogP contribution in [0.5, 0.6) is 0 Å². The van der Waals surface area contributed by atoms with E-state index in [0.717, 1.165) is 50.0 Å². The van der Waals surface area contributed by atoms with Gasteiger partial charge in [-0.2, -0.15) is 0 Å². The number of anilines is 2. The molecule has 1 aliphatic carbocycles. The van der Waals surface area contributed by atoms with Gasteiger partial charge in [0.2, 0.25) is 5.91 Å². The molecule has 3 aliphatic rings. The average molecular weight is 327 g/mol. The van der Waals surface area contributed by atoms with Gasteiger partial charge in [0.25, 0.3) is 5.91 Å². The summed E-state index contributed by atoms with van der Waals surface area (Å²) in [7, 11) is 1.83.